The molecule has 2 fully saturated rings. The molecule has 0 aromatic heterocycles. The topological polar surface area (TPSA) is 61.9 Å². The summed E-state index contributed by atoms with van der Waals surface area (Å²) < 4.78 is 5.55. The van der Waals surface area contributed by atoms with Crippen LogP contribution in [0.1, 0.15) is 37.3 Å². The number of hydrogen-bond acceptors (Lipinski definition) is 4. The quantitative estimate of drug-likeness (QED) is 0.637. The molecule has 0 radical (unpaired) electrons. The van der Waals surface area contributed by atoms with Crippen molar-refractivity contribution in [2.75, 3.05) is 37.7 Å². The van der Waals surface area contributed by atoms with Crippen molar-refractivity contribution in [2.45, 2.75) is 39.2 Å². The molecule has 0 aliphatic carbocycles. The number of ether oxygens (including phenoxy) is 1. The van der Waals surface area contributed by atoms with Gasteiger partial charge in [-0.2, -0.15) is 0 Å². The Morgan fingerprint density at radius 1 is 1.06 bits per heavy atom. The summed E-state index contributed by atoms with van der Waals surface area (Å²) in [4.78, 5) is 29.1. The summed E-state index contributed by atoms with van der Waals surface area (Å²) in [6.07, 6.45) is 3.53. The van der Waals surface area contributed by atoms with Gasteiger partial charge in [0.1, 0.15) is 0 Å². The van der Waals surface area contributed by atoms with Gasteiger partial charge in [0, 0.05) is 31.9 Å². The van der Waals surface area contributed by atoms with Gasteiger partial charge in [-0.25, -0.2) is 4.79 Å². The summed E-state index contributed by atoms with van der Waals surface area (Å²) in [5.74, 6) is -0.0592. The summed E-state index contributed by atoms with van der Waals surface area (Å²) >= 11 is 0. The fourth-order valence-electron chi connectivity index (χ4n) is 4.90. The Bertz CT molecular complexity index is 916. The molecule has 2 aliphatic heterocycles. The van der Waals surface area contributed by atoms with Crippen LogP contribution in [0.2, 0.25) is 0 Å². The van der Waals surface area contributed by atoms with Crippen molar-refractivity contribution in [2.24, 2.45) is 5.41 Å². The SMILES string of the molecule is CCOC(=O)[C@@]1(CCc2ccccc2)CCCN(Cc2ccc(N3CCNC3=O)cc2)C1. The second-order valence-electron chi connectivity index (χ2n) is 8.85. The summed E-state index contributed by atoms with van der Waals surface area (Å²) in [6, 6.07) is 18.5. The highest BCUT2D eigenvalue weighted by Crippen LogP contribution is 2.37. The second kappa shape index (κ2) is 10.2. The first-order valence-electron chi connectivity index (χ1n) is 11.7. The number of piperidine rings is 1. The van der Waals surface area contributed by atoms with E-state index >= 15 is 0 Å². The van der Waals surface area contributed by atoms with E-state index in [4.69, 9.17) is 4.74 Å². The summed E-state index contributed by atoms with van der Waals surface area (Å²) in [5.41, 5.74) is 2.91. The van der Waals surface area contributed by atoms with Gasteiger partial charge in [0.15, 0.2) is 0 Å². The zero-order valence-corrected chi connectivity index (χ0v) is 18.9. The molecule has 2 amide bonds. The van der Waals surface area contributed by atoms with Crippen molar-refractivity contribution in [1.29, 1.82) is 0 Å². The third-order valence-electron chi connectivity index (χ3n) is 6.61. The van der Waals surface area contributed by atoms with Gasteiger partial charge < -0.3 is 10.1 Å². The number of likely N-dealkylation sites (tertiary alicyclic amines) is 1. The van der Waals surface area contributed by atoms with Crippen molar-refractivity contribution in [1.82, 2.24) is 10.2 Å². The highest BCUT2D eigenvalue weighted by molar-refractivity contribution is 5.93. The first-order valence-corrected chi connectivity index (χ1v) is 11.7. The molecule has 0 unspecified atom stereocenters. The zero-order chi connectivity index (χ0) is 22.4. The Balaban J connectivity index is 1.43. The number of anilines is 1. The lowest BCUT2D eigenvalue weighted by atomic mass is 9.75. The molecule has 1 atom stereocenters. The molecule has 6 nitrogen and oxygen atoms in total. The molecule has 2 heterocycles. The number of carbonyl (C=O) groups excluding carboxylic acids is 2. The molecule has 1 N–H and O–H groups in total. The maximum absolute atomic E-state index is 13.1. The highest BCUT2D eigenvalue weighted by Gasteiger charge is 2.43. The van der Waals surface area contributed by atoms with Gasteiger partial charge in [0.2, 0.25) is 0 Å². The van der Waals surface area contributed by atoms with E-state index in [0.29, 0.717) is 19.7 Å². The lowest BCUT2D eigenvalue weighted by Crippen LogP contribution is -2.48. The Labute approximate surface area is 190 Å². The van der Waals surface area contributed by atoms with E-state index in [1.807, 2.05) is 25.1 Å². The minimum Gasteiger partial charge on any atom is -0.466 e. The third-order valence-corrected chi connectivity index (χ3v) is 6.61. The van der Waals surface area contributed by atoms with Gasteiger partial charge in [0.25, 0.3) is 0 Å². The average Bonchev–Trinajstić information content (AvgIpc) is 3.25. The van der Waals surface area contributed by atoms with Crippen LogP contribution in [0.5, 0.6) is 0 Å². The molecule has 2 aliphatic rings. The van der Waals surface area contributed by atoms with Crippen molar-refractivity contribution in [3.63, 3.8) is 0 Å². The Hall–Kier alpha value is -2.86. The van der Waals surface area contributed by atoms with Crippen LogP contribution in [0.15, 0.2) is 54.6 Å². The van der Waals surface area contributed by atoms with Gasteiger partial charge in [-0.1, -0.05) is 42.5 Å². The van der Waals surface area contributed by atoms with Gasteiger partial charge in [-0.05, 0) is 62.4 Å². The minimum absolute atomic E-state index is 0.0357. The molecule has 0 bridgehead atoms. The molecule has 4 rings (SSSR count). The number of urea groups is 1. The summed E-state index contributed by atoms with van der Waals surface area (Å²) in [5, 5.41) is 2.84. The van der Waals surface area contributed by atoms with Crippen LogP contribution in [-0.2, 0) is 22.5 Å². The number of nitrogens with one attached hydrogen (secondary N) is 1. The predicted molar refractivity (Wildman–Crippen MR) is 126 cm³/mol. The smallest absolute Gasteiger partial charge is 0.321 e. The largest absolute Gasteiger partial charge is 0.466 e. The number of aryl methyl sites for hydroxylation is 1. The number of amides is 2. The highest BCUT2D eigenvalue weighted by atomic mass is 16.5. The van der Waals surface area contributed by atoms with Gasteiger partial charge in [-0.15, -0.1) is 0 Å². The standard InChI is InChI=1S/C26H33N3O3/c1-2-32-24(30)26(15-13-21-7-4-3-5-8-21)14-6-17-28(20-26)19-22-9-11-23(12-10-22)29-18-16-27-25(29)31/h3-5,7-12H,2,6,13-20H2,1H3,(H,27,31)/t26-/m1/s1. The molecule has 2 aromatic rings. The maximum atomic E-state index is 13.1. The number of hydrogen-bond donors (Lipinski definition) is 1. The zero-order valence-electron chi connectivity index (χ0n) is 18.9. The Morgan fingerprint density at radius 3 is 2.53 bits per heavy atom. The van der Waals surface area contributed by atoms with Crippen LogP contribution >= 0.6 is 0 Å². The molecule has 0 spiro atoms. The average molecular weight is 436 g/mol. The number of rotatable bonds is 8. The first-order chi connectivity index (χ1) is 15.6. The van der Waals surface area contributed by atoms with Crippen molar-refractivity contribution < 1.29 is 14.3 Å². The van der Waals surface area contributed by atoms with Crippen molar-refractivity contribution in [3.05, 3.63) is 65.7 Å². The Kier molecular flexibility index (Phi) is 7.10. The van der Waals surface area contributed by atoms with Gasteiger partial charge >= 0.3 is 12.0 Å². The Morgan fingerprint density at radius 2 is 1.84 bits per heavy atom. The van der Waals surface area contributed by atoms with Crippen molar-refractivity contribution >= 4 is 17.7 Å². The lowest BCUT2D eigenvalue weighted by molar-refractivity contribution is -0.160. The fourth-order valence-corrected chi connectivity index (χ4v) is 4.90. The van der Waals surface area contributed by atoms with Crippen LogP contribution in [0.3, 0.4) is 0 Å². The molecule has 2 saturated heterocycles. The summed E-state index contributed by atoms with van der Waals surface area (Å²) in [7, 11) is 0. The second-order valence-corrected chi connectivity index (χ2v) is 8.85. The van der Waals surface area contributed by atoms with E-state index in [9.17, 15) is 9.59 Å². The third kappa shape index (κ3) is 5.13. The maximum Gasteiger partial charge on any atom is 0.321 e. The molecule has 0 saturated carbocycles. The van der Waals surface area contributed by atoms with E-state index in [1.165, 1.54) is 11.1 Å². The predicted octanol–water partition coefficient (Wildman–Crippen LogP) is 3.99. The van der Waals surface area contributed by atoms with E-state index in [2.05, 4.69) is 46.6 Å². The molecule has 32 heavy (non-hydrogen) atoms. The number of benzene rings is 2. The van der Waals surface area contributed by atoms with Crippen LogP contribution in [0.25, 0.3) is 0 Å². The molecular weight excluding hydrogens is 402 g/mol. The number of nitrogens with zero attached hydrogens (tertiary/aromatic N) is 2. The molecule has 170 valence electrons. The lowest BCUT2D eigenvalue weighted by Gasteiger charge is -2.41. The van der Waals surface area contributed by atoms with E-state index < -0.39 is 5.41 Å². The minimum atomic E-state index is -0.461. The number of esters is 1. The molecular formula is C26H33N3O3. The first kappa shape index (κ1) is 22.3. The van der Waals surface area contributed by atoms with E-state index in [0.717, 1.165) is 51.0 Å². The van der Waals surface area contributed by atoms with Crippen LogP contribution in [0.4, 0.5) is 10.5 Å². The molecule has 6 heteroatoms. The van der Waals surface area contributed by atoms with Crippen molar-refractivity contribution in [3.8, 4) is 0 Å². The van der Waals surface area contributed by atoms with E-state index in [-0.39, 0.29) is 12.0 Å². The van der Waals surface area contributed by atoms with Crippen LogP contribution < -0.4 is 10.2 Å². The number of carbonyl (C=O) groups is 2. The normalized spacial score (nSPS) is 21.4. The van der Waals surface area contributed by atoms with Crippen LogP contribution in [-0.4, -0.2) is 49.7 Å². The summed E-state index contributed by atoms with van der Waals surface area (Å²) in [6.45, 7) is 6.17. The molecule has 2 aromatic carbocycles. The van der Waals surface area contributed by atoms with Gasteiger partial charge in [0.05, 0.1) is 12.0 Å². The monoisotopic (exact) mass is 435 g/mol. The fraction of sp³-hybridized carbons (Fsp3) is 0.462. The van der Waals surface area contributed by atoms with E-state index in [1.54, 1.807) is 4.90 Å². The van der Waals surface area contributed by atoms with Gasteiger partial charge in [-0.3, -0.25) is 14.6 Å². The van der Waals surface area contributed by atoms with Crippen LogP contribution in [0, 0.1) is 5.41 Å².